The lowest BCUT2D eigenvalue weighted by Gasteiger charge is -2.19. The van der Waals surface area contributed by atoms with Crippen LogP contribution in [0.15, 0.2) is 55.1 Å². The first-order valence-electron chi connectivity index (χ1n) is 7.27. The summed E-state index contributed by atoms with van der Waals surface area (Å²) in [5.74, 6) is 0. The van der Waals surface area contributed by atoms with E-state index < -0.39 is 8.80 Å². The fourth-order valence-electron chi connectivity index (χ4n) is 2.54. The van der Waals surface area contributed by atoms with Crippen molar-refractivity contribution in [1.82, 2.24) is 9.55 Å². The Labute approximate surface area is 162 Å². The van der Waals surface area contributed by atoms with Crippen molar-refractivity contribution in [3.05, 3.63) is 75.2 Å². The van der Waals surface area contributed by atoms with Crippen LogP contribution >= 0.6 is 46.4 Å². The number of hydrogen-bond acceptors (Lipinski definition) is 1. The fraction of sp³-hybridized carbons (Fsp3) is 0.118. The van der Waals surface area contributed by atoms with E-state index in [1.807, 2.05) is 36.8 Å². The lowest BCUT2D eigenvalue weighted by atomic mass is 10.3. The van der Waals surface area contributed by atoms with Crippen molar-refractivity contribution in [2.45, 2.75) is 12.6 Å². The van der Waals surface area contributed by atoms with E-state index in [0.29, 0.717) is 20.1 Å². The lowest BCUT2D eigenvalue weighted by Crippen LogP contribution is -2.44. The van der Waals surface area contributed by atoms with E-state index in [2.05, 4.69) is 9.55 Å². The van der Waals surface area contributed by atoms with Crippen LogP contribution in [0.2, 0.25) is 26.1 Å². The van der Waals surface area contributed by atoms with Crippen LogP contribution in [0.25, 0.3) is 0 Å². The van der Waals surface area contributed by atoms with Crippen molar-refractivity contribution in [2.24, 2.45) is 0 Å². The van der Waals surface area contributed by atoms with Gasteiger partial charge < -0.3 is 4.57 Å². The molecule has 1 aromatic heterocycles. The third kappa shape index (κ3) is 4.16. The maximum Gasteiger partial charge on any atom is 0.127 e. The molecule has 0 aliphatic rings. The van der Waals surface area contributed by atoms with Crippen molar-refractivity contribution in [3.63, 3.8) is 0 Å². The minimum atomic E-state index is -1.20. The second kappa shape index (κ2) is 7.94. The van der Waals surface area contributed by atoms with Gasteiger partial charge in [0.1, 0.15) is 8.80 Å². The highest BCUT2D eigenvalue weighted by Crippen LogP contribution is 2.19. The Morgan fingerprint density at radius 1 is 0.875 bits per heavy atom. The molecular formula is C17H13Cl4N2Si. The number of halogens is 4. The summed E-state index contributed by atoms with van der Waals surface area (Å²) in [6.07, 6.45) is 5.54. The zero-order chi connectivity index (χ0) is 17.1. The van der Waals surface area contributed by atoms with E-state index in [1.54, 1.807) is 18.3 Å². The molecule has 0 saturated carbocycles. The molecule has 0 fully saturated rings. The Bertz CT molecular complexity index is 785. The number of aryl methyl sites for hydroxylation is 1. The second-order valence-electron chi connectivity index (χ2n) is 5.28. The normalized spacial score (nSPS) is 11.2. The largest absolute Gasteiger partial charge is 0.338 e. The third-order valence-electron chi connectivity index (χ3n) is 3.69. The van der Waals surface area contributed by atoms with Gasteiger partial charge in [0.2, 0.25) is 0 Å². The van der Waals surface area contributed by atoms with Gasteiger partial charge in [-0.15, -0.1) is 0 Å². The van der Waals surface area contributed by atoms with Crippen molar-refractivity contribution in [3.8, 4) is 0 Å². The van der Waals surface area contributed by atoms with Gasteiger partial charge in [-0.2, -0.15) is 0 Å². The predicted octanol–water partition coefficient (Wildman–Crippen LogP) is 4.81. The first-order valence-corrected chi connectivity index (χ1v) is 10.5. The van der Waals surface area contributed by atoms with E-state index in [-0.39, 0.29) is 0 Å². The highest BCUT2D eigenvalue weighted by Gasteiger charge is 2.22. The second-order valence-corrected chi connectivity index (χ2v) is 9.50. The van der Waals surface area contributed by atoms with Gasteiger partial charge in [0, 0.05) is 39.0 Å². The van der Waals surface area contributed by atoms with Gasteiger partial charge >= 0.3 is 0 Å². The van der Waals surface area contributed by atoms with Crippen LogP contribution in [-0.2, 0) is 6.54 Å². The SMILES string of the molecule is Clc1ccc([Si](CCn2ccnc2)c2ccc(Cl)cc2Cl)c(Cl)c1. The maximum absolute atomic E-state index is 6.47. The van der Waals surface area contributed by atoms with Crippen LogP contribution in [0.5, 0.6) is 0 Å². The quantitative estimate of drug-likeness (QED) is 0.548. The summed E-state index contributed by atoms with van der Waals surface area (Å²) >= 11 is 25.0. The Kier molecular flexibility index (Phi) is 5.90. The summed E-state index contributed by atoms with van der Waals surface area (Å²) in [5, 5.41) is 4.79. The Balaban J connectivity index is 1.99. The molecule has 0 atom stereocenters. The average Bonchev–Trinajstić information content (AvgIpc) is 3.04. The van der Waals surface area contributed by atoms with Gasteiger partial charge in [-0.3, -0.25) is 0 Å². The molecule has 1 heterocycles. The summed E-state index contributed by atoms with van der Waals surface area (Å²) in [7, 11) is -1.20. The summed E-state index contributed by atoms with van der Waals surface area (Å²) in [6.45, 7) is 0.839. The smallest absolute Gasteiger partial charge is 0.127 e. The molecule has 0 aliphatic heterocycles. The molecule has 24 heavy (non-hydrogen) atoms. The van der Waals surface area contributed by atoms with Crippen LogP contribution < -0.4 is 10.4 Å². The van der Waals surface area contributed by atoms with Crippen LogP contribution in [0.3, 0.4) is 0 Å². The molecule has 0 aliphatic carbocycles. The molecule has 0 amide bonds. The van der Waals surface area contributed by atoms with E-state index in [1.165, 1.54) is 0 Å². The minimum absolute atomic E-state index is 0.627. The topological polar surface area (TPSA) is 17.8 Å². The zero-order valence-corrected chi connectivity index (χ0v) is 16.5. The number of hydrogen-bond donors (Lipinski definition) is 0. The summed E-state index contributed by atoms with van der Waals surface area (Å²) in [4.78, 5) is 4.09. The van der Waals surface area contributed by atoms with Gasteiger partial charge in [-0.05, 0) is 40.7 Å². The van der Waals surface area contributed by atoms with Crippen LogP contribution in [0.1, 0.15) is 0 Å². The highest BCUT2D eigenvalue weighted by molar-refractivity contribution is 6.88. The minimum Gasteiger partial charge on any atom is -0.338 e. The molecule has 0 unspecified atom stereocenters. The van der Waals surface area contributed by atoms with Crippen LogP contribution in [0.4, 0.5) is 0 Å². The Hall–Kier alpha value is -0.973. The fourth-order valence-corrected chi connectivity index (χ4v) is 6.64. The summed E-state index contributed by atoms with van der Waals surface area (Å²) in [6, 6.07) is 12.2. The first-order chi connectivity index (χ1) is 11.5. The molecule has 0 spiro atoms. The lowest BCUT2D eigenvalue weighted by molar-refractivity contribution is 0.756. The molecular weight excluding hydrogens is 402 g/mol. The van der Waals surface area contributed by atoms with Crippen molar-refractivity contribution in [2.75, 3.05) is 0 Å². The number of rotatable bonds is 5. The standard InChI is InChI=1S/C17H13Cl4N2Si/c18-12-1-3-16(14(20)9-12)24(8-7-23-6-5-22-11-23)17-4-2-13(19)10-15(17)21/h1-6,9-11H,7-8H2. The van der Waals surface area contributed by atoms with E-state index in [0.717, 1.165) is 23.0 Å². The molecule has 123 valence electrons. The van der Waals surface area contributed by atoms with Gasteiger partial charge in [0.25, 0.3) is 0 Å². The van der Waals surface area contributed by atoms with Crippen molar-refractivity contribution in [1.29, 1.82) is 0 Å². The average molecular weight is 415 g/mol. The van der Waals surface area contributed by atoms with Crippen LogP contribution in [0, 0.1) is 0 Å². The number of benzene rings is 2. The van der Waals surface area contributed by atoms with Crippen molar-refractivity contribution >= 4 is 65.6 Å². The molecule has 7 heteroatoms. The first kappa shape index (κ1) is 17.8. The molecule has 2 aromatic carbocycles. The van der Waals surface area contributed by atoms with Crippen molar-refractivity contribution < 1.29 is 0 Å². The van der Waals surface area contributed by atoms with Gasteiger partial charge in [-0.25, -0.2) is 4.98 Å². The molecule has 0 bridgehead atoms. The zero-order valence-electron chi connectivity index (χ0n) is 12.5. The maximum atomic E-state index is 6.47. The third-order valence-corrected chi connectivity index (χ3v) is 8.00. The number of imidazole rings is 1. The predicted molar refractivity (Wildman–Crippen MR) is 105 cm³/mol. The van der Waals surface area contributed by atoms with Gasteiger partial charge in [0.05, 0.1) is 6.33 Å². The van der Waals surface area contributed by atoms with Gasteiger partial charge in [-0.1, -0.05) is 58.5 Å². The van der Waals surface area contributed by atoms with Crippen LogP contribution in [-0.4, -0.2) is 18.3 Å². The van der Waals surface area contributed by atoms with E-state index in [9.17, 15) is 0 Å². The Morgan fingerprint density at radius 2 is 1.46 bits per heavy atom. The van der Waals surface area contributed by atoms with E-state index >= 15 is 0 Å². The van der Waals surface area contributed by atoms with E-state index in [4.69, 9.17) is 46.4 Å². The molecule has 3 aromatic rings. The summed E-state index contributed by atoms with van der Waals surface area (Å²) < 4.78 is 2.05. The number of aromatic nitrogens is 2. The molecule has 2 nitrogen and oxygen atoms in total. The molecule has 0 saturated heterocycles. The number of nitrogens with zero attached hydrogens (tertiary/aromatic N) is 2. The highest BCUT2D eigenvalue weighted by atomic mass is 35.5. The monoisotopic (exact) mass is 413 g/mol. The summed E-state index contributed by atoms with van der Waals surface area (Å²) in [5.41, 5.74) is 0. The Morgan fingerprint density at radius 3 is 1.92 bits per heavy atom. The van der Waals surface area contributed by atoms with Gasteiger partial charge in [0.15, 0.2) is 0 Å². The molecule has 1 radical (unpaired) electrons. The molecule has 3 rings (SSSR count). The molecule has 0 N–H and O–H groups in total.